The number of imidazole rings is 1. The number of nitriles is 1. The van der Waals surface area contributed by atoms with Crippen LogP contribution in [-0.2, 0) is 0 Å². The zero-order valence-corrected chi connectivity index (χ0v) is 15.0. The Hall–Kier alpha value is -3.40. The molecule has 7 nitrogen and oxygen atoms in total. The van der Waals surface area contributed by atoms with Gasteiger partial charge in [0.2, 0.25) is 0 Å². The molecular weight excluding hydrogens is 338 g/mol. The monoisotopic (exact) mass is 357 g/mol. The van der Waals surface area contributed by atoms with E-state index in [1.807, 2.05) is 24.4 Å². The van der Waals surface area contributed by atoms with Gasteiger partial charge in [-0.2, -0.15) is 5.26 Å². The largest absolute Gasteiger partial charge is 0.356 e. The van der Waals surface area contributed by atoms with Crippen molar-refractivity contribution in [1.29, 1.82) is 5.26 Å². The van der Waals surface area contributed by atoms with E-state index in [1.165, 1.54) is 5.56 Å². The number of aromatic amines is 2. The van der Waals surface area contributed by atoms with Crippen LogP contribution in [0, 0.1) is 18.3 Å². The van der Waals surface area contributed by atoms with E-state index in [9.17, 15) is 0 Å². The molecule has 134 valence electrons. The Balaban J connectivity index is 1.38. The number of H-pyrrole nitrogens is 2. The van der Waals surface area contributed by atoms with Crippen LogP contribution in [0.4, 0.5) is 5.82 Å². The molecule has 1 fully saturated rings. The second-order valence-corrected chi connectivity index (χ2v) is 7.12. The molecule has 1 aliphatic heterocycles. The summed E-state index contributed by atoms with van der Waals surface area (Å²) in [6.07, 6.45) is 5.64. The van der Waals surface area contributed by atoms with Crippen molar-refractivity contribution >= 4 is 27.9 Å². The summed E-state index contributed by atoms with van der Waals surface area (Å²) in [6, 6.07) is 7.78. The van der Waals surface area contributed by atoms with Gasteiger partial charge in [0.1, 0.15) is 23.6 Å². The molecule has 0 amide bonds. The Morgan fingerprint density at radius 1 is 1.22 bits per heavy atom. The Bertz CT molecular complexity index is 1170. The molecule has 2 N–H and O–H groups in total. The summed E-state index contributed by atoms with van der Waals surface area (Å²) in [4.78, 5) is 22.6. The van der Waals surface area contributed by atoms with Crippen LogP contribution >= 0.6 is 0 Å². The van der Waals surface area contributed by atoms with E-state index in [0.29, 0.717) is 11.5 Å². The van der Waals surface area contributed by atoms with Gasteiger partial charge in [-0.15, -0.1) is 0 Å². The molecule has 0 bridgehead atoms. The zero-order chi connectivity index (χ0) is 18.4. The van der Waals surface area contributed by atoms with Gasteiger partial charge in [-0.25, -0.2) is 15.0 Å². The first-order valence-corrected chi connectivity index (χ1v) is 9.16. The van der Waals surface area contributed by atoms with E-state index in [2.05, 4.69) is 37.8 Å². The minimum absolute atomic E-state index is 0.392. The Morgan fingerprint density at radius 3 is 2.89 bits per heavy atom. The molecule has 4 aromatic rings. The molecule has 27 heavy (non-hydrogen) atoms. The quantitative estimate of drug-likeness (QED) is 0.573. The van der Waals surface area contributed by atoms with E-state index < -0.39 is 0 Å². The van der Waals surface area contributed by atoms with Gasteiger partial charge in [0, 0.05) is 25.2 Å². The molecule has 1 aliphatic rings. The fourth-order valence-corrected chi connectivity index (χ4v) is 3.99. The van der Waals surface area contributed by atoms with E-state index >= 15 is 0 Å². The van der Waals surface area contributed by atoms with Gasteiger partial charge >= 0.3 is 0 Å². The summed E-state index contributed by atoms with van der Waals surface area (Å²) in [5.74, 6) is 2.43. The van der Waals surface area contributed by atoms with Gasteiger partial charge in [-0.05, 0) is 43.5 Å². The Morgan fingerprint density at radius 2 is 2.07 bits per heavy atom. The lowest BCUT2D eigenvalue weighted by Crippen LogP contribution is -2.34. The minimum Gasteiger partial charge on any atom is -0.356 e. The third-order valence-corrected chi connectivity index (χ3v) is 5.46. The maximum atomic E-state index is 9.06. The molecule has 0 unspecified atom stereocenters. The predicted molar refractivity (Wildman–Crippen MR) is 104 cm³/mol. The van der Waals surface area contributed by atoms with Crippen molar-refractivity contribution in [2.45, 2.75) is 25.7 Å². The topological polar surface area (TPSA) is 97.3 Å². The van der Waals surface area contributed by atoms with Crippen LogP contribution in [0.2, 0.25) is 0 Å². The van der Waals surface area contributed by atoms with Crippen molar-refractivity contribution in [2.24, 2.45) is 0 Å². The third-order valence-electron chi connectivity index (χ3n) is 5.46. The second-order valence-electron chi connectivity index (χ2n) is 7.12. The highest BCUT2D eigenvalue weighted by atomic mass is 15.2. The molecule has 5 rings (SSSR count). The van der Waals surface area contributed by atoms with Crippen LogP contribution in [0.5, 0.6) is 0 Å². The number of fused-ring (bicyclic) bond motifs is 2. The summed E-state index contributed by atoms with van der Waals surface area (Å²) < 4.78 is 0. The SMILES string of the molecule is Cc1c[nH]c2ncnc(N3CCC(c4nc5cc(C#N)ccc5[nH]4)CC3)c12. The molecule has 0 aliphatic carbocycles. The number of anilines is 1. The summed E-state index contributed by atoms with van der Waals surface area (Å²) in [7, 11) is 0. The smallest absolute Gasteiger partial charge is 0.143 e. The number of piperidine rings is 1. The second kappa shape index (κ2) is 6.09. The maximum absolute atomic E-state index is 9.06. The first kappa shape index (κ1) is 15.8. The molecule has 4 heterocycles. The number of aryl methyl sites for hydroxylation is 1. The Kier molecular flexibility index (Phi) is 3.57. The van der Waals surface area contributed by atoms with Crippen molar-refractivity contribution in [3.05, 3.63) is 47.7 Å². The normalized spacial score (nSPS) is 15.5. The highest BCUT2D eigenvalue weighted by Gasteiger charge is 2.25. The number of nitrogens with zero attached hydrogens (tertiary/aromatic N) is 5. The number of rotatable bonds is 2. The number of nitrogens with one attached hydrogen (secondary N) is 2. The fourth-order valence-electron chi connectivity index (χ4n) is 3.99. The molecular formula is C20H19N7. The van der Waals surface area contributed by atoms with Gasteiger partial charge in [0.25, 0.3) is 0 Å². The third kappa shape index (κ3) is 2.61. The molecule has 7 heteroatoms. The summed E-state index contributed by atoms with van der Waals surface area (Å²) in [6.45, 7) is 3.95. The van der Waals surface area contributed by atoms with Crippen LogP contribution in [0.15, 0.2) is 30.7 Å². The van der Waals surface area contributed by atoms with Gasteiger partial charge in [-0.3, -0.25) is 0 Å². The average molecular weight is 357 g/mol. The lowest BCUT2D eigenvalue weighted by atomic mass is 9.96. The highest BCUT2D eigenvalue weighted by molar-refractivity contribution is 5.90. The molecule has 0 spiro atoms. The van der Waals surface area contributed by atoms with Crippen LogP contribution in [-0.4, -0.2) is 38.0 Å². The average Bonchev–Trinajstić information content (AvgIpc) is 3.31. The van der Waals surface area contributed by atoms with Crippen LogP contribution in [0.25, 0.3) is 22.1 Å². The van der Waals surface area contributed by atoms with Crippen LogP contribution in [0.1, 0.15) is 35.7 Å². The summed E-state index contributed by atoms with van der Waals surface area (Å²) >= 11 is 0. The van der Waals surface area contributed by atoms with Crippen molar-refractivity contribution in [2.75, 3.05) is 18.0 Å². The molecule has 0 atom stereocenters. The summed E-state index contributed by atoms with van der Waals surface area (Å²) in [5.41, 5.74) is 4.57. The molecule has 1 aromatic carbocycles. The van der Waals surface area contributed by atoms with Crippen molar-refractivity contribution in [3.63, 3.8) is 0 Å². The van der Waals surface area contributed by atoms with Crippen molar-refractivity contribution in [1.82, 2.24) is 24.9 Å². The van der Waals surface area contributed by atoms with E-state index in [-0.39, 0.29) is 0 Å². The van der Waals surface area contributed by atoms with Crippen LogP contribution < -0.4 is 4.90 Å². The van der Waals surface area contributed by atoms with Gasteiger partial charge in [0.15, 0.2) is 0 Å². The number of benzene rings is 1. The molecule has 3 aromatic heterocycles. The van der Waals surface area contributed by atoms with Gasteiger partial charge in [-0.1, -0.05) is 0 Å². The predicted octanol–water partition coefficient (Wildman–Crippen LogP) is 3.40. The number of hydrogen-bond donors (Lipinski definition) is 2. The van der Waals surface area contributed by atoms with E-state index in [0.717, 1.165) is 59.6 Å². The Labute approximate surface area is 156 Å². The number of hydrogen-bond acceptors (Lipinski definition) is 5. The fraction of sp³-hybridized carbons (Fsp3) is 0.300. The van der Waals surface area contributed by atoms with E-state index in [1.54, 1.807) is 6.33 Å². The van der Waals surface area contributed by atoms with Crippen molar-refractivity contribution in [3.8, 4) is 6.07 Å². The maximum Gasteiger partial charge on any atom is 0.143 e. The van der Waals surface area contributed by atoms with E-state index in [4.69, 9.17) is 10.2 Å². The van der Waals surface area contributed by atoms with Gasteiger partial charge < -0.3 is 14.9 Å². The summed E-state index contributed by atoms with van der Waals surface area (Å²) in [5, 5.41) is 10.2. The lowest BCUT2D eigenvalue weighted by molar-refractivity contribution is 0.488. The minimum atomic E-state index is 0.392. The van der Waals surface area contributed by atoms with Gasteiger partial charge in [0.05, 0.1) is 28.1 Å². The standard InChI is InChI=1S/C20H19N7/c1-12-10-22-19-17(12)20(24-11-23-19)27-6-4-14(5-7-27)18-25-15-3-2-13(9-21)8-16(15)26-18/h2-3,8,10-11,14H,4-7H2,1H3,(H,25,26)(H,22,23,24). The molecule has 0 saturated carbocycles. The zero-order valence-electron chi connectivity index (χ0n) is 15.0. The first-order chi connectivity index (χ1) is 13.2. The number of aromatic nitrogens is 5. The molecule has 0 radical (unpaired) electrons. The van der Waals surface area contributed by atoms with Crippen molar-refractivity contribution < 1.29 is 0 Å². The van der Waals surface area contributed by atoms with Crippen LogP contribution in [0.3, 0.4) is 0 Å². The first-order valence-electron chi connectivity index (χ1n) is 9.16. The highest BCUT2D eigenvalue weighted by Crippen LogP contribution is 2.32. The molecule has 1 saturated heterocycles. The lowest BCUT2D eigenvalue weighted by Gasteiger charge is -2.32.